The molecule has 6 nitrogen and oxygen atoms in total. The van der Waals surface area contributed by atoms with E-state index in [1.165, 1.54) is 9.87 Å². The molecule has 0 radical (unpaired) electrons. The maximum Gasteiger partial charge on any atom is 0.265 e. The van der Waals surface area contributed by atoms with Gasteiger partial charge in [0.25, 0.3) is 10.0 Å². The van der Waals surface area contributed by atoms with Gasteiger partial charge in [-0.25, -0.2) is 8.42 Å². The molecule has 33 heavy (non-hydrogen) atoms. The summed E-state index contributed by atoms with van der Waals surface area (Å²) in [6.07, 6.45) is 4.25. The molecule has 0 N–H and O–H groups in total. The van der Waals surface area contributed by atoms with Gasteiger partial charge in [-0.3, -0.25) is 14.0 Å². The maximum atomic E-state index is 13.3. The number of carbonyl (C=O) groups is 1. The first-order valence-electron chi connectivity index (χ1n) is 11.3. The van der Waals surface area contributed by atoms with E-state index in [-0.39, 0.29) is 10.8 Å². The van der Waals surface area contributed by atoms with Crippen LogP contribution >= 0.6 is 0 Å². The summed E-state index contributed by atoms with van der Waals surface area (Å²) >= 11 is 0. The van der Waals surface area contributed by atoms with E-state index >= 15 is 0 Å². The second-order valence-corrected chi connectivity index (χ2v) is 10.3. The normalized spacial score (nSPS) is 18.8. The van der Waals surface area contributed by atoms with E-state index in [1.54, 1.807) is 30.0 Å². The number of nitrogens with zero attached hydrogens (tertiary/aromatic N) is 3. The van der Waals surface area contributed by atoms with E-state index in [1.807, 2.05) is 36.4 Å². The molecule has 1 saturated heterocycles. The Balaban J connectivity index is 1.26. The summed E-state index contributed by atoms with van der Waals surface area (Å²) < 4.78 is 27.9. The van der Waals surface area contributed by atoms with Crippen LogP contribution in [-0.4, -0.2) is 62.9 Å². The van der Waals surface area contributed by atoms with Gasteiger partial charge in [0.05, 0.1) is 10.6 Å². The summed E-state index contributed by atoms with van der Waals surface area (Å²) in [4.78, 5) is 17.7. The van der Waals surface area contributed by atoms with Crippen LogP contribution in [-0.2, 0) is 14.8 Å². The van der Waals surface area contributed by atoms with Crippen LogP contribution in [0.3, 0.4) is 0 Å². The van der Waals surface area contributed by atoms with Crippen LogP contribution in [0.15, 0.2) is 77.7 Å². The lowest BCUT2D eigenvalue weighted by atomic mass is 10.1. The molecule has 7 heteroatoms. The van der Waals surface area contributed by atoms with Crippen LogP contribution < -0.4 is 4.31 Å². The largest absolute Gasteiger partial charge is 0.338 e. The second kappa shape index (κ2) is 8.65. The average molecular weight is 462 g/mol. The van der Waals surface area contributed by atoms with Crippen molar-refractivity contribution < 1.29 is 13.2 Å². The molecule has 3 aromatic carbocycles. The number of piperazine rings is 1. The Bertz CT molecular complexity index is 1310. The average Bonchev–Trinajstić information content (AvgIpc) is 3.07. The van der Waals surface area contributed by atoms with Gasteiger partial charge < -0.3 is 4.90 Å². The topological polar surface area (TPSA) is 60.9 Å². The lowest BCUT2D eigenvalue weighted by Gasteiger charge is -2.37. The minimum Gasteiger partial charge on any atom is -0.338 e. The van der Waals surface area contributed by atoms with E-state index in [0.717, 1.165) is 25.0 Å². The van der Waals surface area contributed by atoms with Gasteiger partial charge in [0, 0.05) is 38.1 Å². The Morgan fingerprint density at radius 1 is 0.939 bits per heavy atom. The number of carbonyl (C=O) groups excluding carboxylic acids is 1. The quantitative estimate of drug-likeness (QED) is 0.583. The summed E-state index contributed by atoms with van der Waals surface area (Å²) in [5.74, 6) is -0.150. The molecule has 0 aromatic heterocycles. The Hall–Kier alpha value is -3.16. The van der Waals surface area contributed by atoms with Crippen molar-refractivity contribution in [2.45, 2.75) is 17.9 Å². The minimum absolute atomic E-state index is 0.150. The Morgan fingerprint density at radius 3 is 2.36 bits per heavy atom. The third-order valence-electron chi connectivity index (χ3n) is 6.49. The molecule has 170 valence electrons. The van der Waals surface area contributed by atoms with Crippen molar-refractivity contribution in [3.05, 3.63) is 78.4 Å². The molecule has 2 aliphatic heterocycles. The van der Waals surface area contributed by atoms with Crippen LogP contribution in [0.5, 0.6) is 0 Å². The second-order valence-electron chi connectivity index (χ2n) is 8.55. The molecule has 3 aromatic rings. The van der Waals surface area contributed by atoms with Gasteiger partial charge in [-0.05, 0) is 30.0 Å². The number of anilines is 1. The third kappa shape index (κ3) is 3.92. The predicted octanol–water partition coefficient (Wildman–Crippen LogP) is 3.59. The summed E-state index contributed by atoms with van der Waals surface area (Å²) in [5.41, 5.74) is 1.76. The van der Waals surface area contributed by atoms with E-state index in [4.69, 9.17) is 0 Å². The zero-order valence-electron chi connectivity index (χ0n) is 18.6. The molecule has 0 aliphatic carbocycles. The molecule has 5 rings (SSSR count). The van der Waals surface area contributed by atoms with Gasteiger partial charge >= 0.3 is 0 Å². The monoisotopic (exact) mass is 461 g/mol. The first kappa shape index (κ1) is 21.7. The first-order chi connectivity index (χ1) is 16.0. The van der Waals surface area contributed by atoms with E-state index in [2.05, 4.69) is 29.2 Å². The Morgan fingerprint density at radius 2 is 1.64 bits per heavy atom. The van der Waals surface area contributed by atoms with Crippen molar-refractivity contribution in [1.82, 2.24) is 9.80 Å². The van der Waals surface area contributed by atoms with Crippen LogP contribution in [0.4, 0.5) is 5.69 Å². The van der Waals surface area contributed by atoms with Crippen LogP contribution in [0.2, 0.25) is 0 Å². The highest BCUT2D eigenvalue weighted by Crippen LogP contribution is 2.43. The smallest absolute Gasteiger partial charge is 0.265 e. The molecule has 0 bridgehead atoms. The molecule has 0 spiro atoms. The maximum absolute atomic E-state index is 13.3. The molecule has 1 amide bonds. The Kier molecular flexibility index (Phi) is 5.68. The predicted molar refractivity (Wildman–Crippen MR) is 132 cm³/mol. The van der Waals surface area contributed by atoms with Gasteiger partial charge in [-0.15, -0.1) is 0 Å². The standard InChI is InChI=1S/C26H27N3O3S/c1-20(29-23-13-5-11-22-12-6-14-24(25(22)23)33(29,31)32)26(30)28-18-16-27(17-19-28)15-7-10-21-8-3-2-4-9-21/h2-14,20H,15-19H2,1H3/b10-7+/t20-/m1/s1. The van der Waals surface area contributed by atoms with Gasteiger partial charge in [0.2, 0.25) is 5.91 Å². The van der Waals surface area contributed by atoms with Crippen LogP contribution in [0, 0.1) is 0 Å². The van der Waals surface area contributed by atoms with Crippen molar-refractivity contribution in [3.63, 3.8) is 0 Å². The van der Waals surface area contributed by atoms with Crippen molar-refractivity contribution >= 4 is 38.5 Å². The number of rotatable bonds is 5. The molecule has 1 atom stereocenters. The van der Waals surface area contributed by atoms with E-state index in [9.17, 15) is 13.2 Å². The van der Waals surface area contributed by atoms with Crippen molar-refractivity contribution in [2.24, 2.45) is 0 Å². The molecule has 0 saturated carbocycles. The molecule has 2 heterocycles. The van der Waals surface area contributed by atoms with Crippen molar-refractivity contribution in [2.75, 3.05) is 37.0 Å². The van der Waals surface area contributed by atoms with Gasteiger partial charge in [-0.1, -0.05) is 66.7 Å². The van der Waals surface area contributed by atoms with Gasteiger partial charge in [0.15, 0.2) is 0 Å². The fourth-order valence-corrected chi connectivity index (χ4v) is 6.62. The zero-order valence-corrected chi connectivity index (χ0v) is 19.4. The highest BCUT2D eigenvalue weighted by molar-refractivity contribution is 7.93. The summed E-state index contributed by atoms with van der Waals surface area (Å²) in [6, 6.07) is 20.2. The van der Waals surface area contributed by atoms with E-state index in [0.29, 0.717) is 24.2 Å². The lowest BCUT2D eigenvalue weighted by Crippen LogP contribution is -2.54. The molecular weight excluding hydrogens is 434 g/mol. The van der Waals surface area contributed by atoms with E-state index < -0.39 is 16.1 Å². The fraction of sp³-hybridized carbons (Fsp3) is 0.269. The molecular formula is C26H27N3O3S. The first-order valence-corrected chi connectivity index (χ1v) is 12.7. The number of amides is 1. The SMILES string of the molecule is C[C@H](C(=O)N1CCN(C/C=C/c2ccccc2)CC1)N1c2cccc3cccc(c23)S1(=O)=O. The Labute approximate surface area is 194 Å². The minimum atomic E-state index is -3.76. The van der Waals surface area contributed by atoms with Crippen LogP contribution in [0.1, 0.15) is 12.5 Å². The van der Waals surface area contributed by atoms with Crippen molar-refractivity contribution in [3.8, 4) is 0 Å². The highest BCUT2D eigenvalue weighted by Gasteiger charge is 2.42. The fourth-order valence-electron chi connectivity index (χ4n) is 4.76. The lowest BCUT2D eigenvalue weighted by molar-refractivity contribution is -0.133. The highest BCUT2D eigenvalue weighted by atomic mass is 32.2. The number of benzene rings is 3. The van der Waals surface area contributed by atoms with Crippen LogP contribution in [0.25, 0.3) is 16.8 Å². The summed E-state index contributed by atoms with van der Waals surface area (Å²) in [5, 5.41) is 1.57. The number of hydrogen-bond donors (Lipinski definition) is 0. The molecule has 2 aliphatic rings. The van der Waals surface area contributed by atoms with Gasteiger partial charge in [0.1, 0.15) is 6.04 Å². The van der Waals surface area contributed by atoms with Crippen molar-refractivity contribution in [1.29, 1.82) is 0 Å². The zero-order chi connectivity index (χ0) is 23.0. The number of sulfonamides is 1. The summed E-state index contributed by atoms with van der Waals surface area (Å²) in [7, 11) is -3.76. The molecule has 1 fully saturated rings. The summed E-state index contributed by atoms with van der Waals surface area (Å²) in [6.45, 7) is 5.23. The number of hydrogen-bond acceptors (Lipinski definition) is 4. The third-order valence-corrected chi connectivity index (χ3v) is 8.41. The van der Waals surface area contributed by atoms with Gasteiger partial charge in [-0.2, -0.15) is 0 Å². The molecule has 0 unspecified atom stereocenters.